The van der Waals surface area contributed by atoms with E-state index in [1.165, 1.54) is 0 Å². The molecule has 0 unspecified atom stereocenters. The molecular weight excluding hydrogens is 364 g/mol. The normalized spacial score (nSPS) is 10.7. The van der Waals surface area contributed by atoms with Crippen molar-refractivity contribution in [1.82, 2.24) is 5.32 Å². The summed E-state index contributed by atoms with van der Waals surface area (Å²) in [5.74, 6) is 1.20. The van der Waals surface area contributed by atoms with Gasteiger partial charge in [0.05, 0.1) is 7.11 Å². The summed E-state index contributed by atoms with van der Waals surface area (Å²) in [6.45, 7) is 2.47. The number of rotatable bonds is 8. The summed E-state index contributed by atoms with van der Waals surface area (Å²) in [5, 5.41) is 2.84. The van der Waals surface area contributed by atoms with Crippen molar-refractivity contribution in [2.24, 2.45) is 4.99 Å². The summed E-state index contributed by atoms with van der Waals surface area (Å²) in [4.78, 5) is 16.4. The Morgan fingerprint density at radius 3 is 2.52 bits per heavy atom. The topological polar surface area (TPSA) is 59.9 Å². The zero-order valence-corrected chi connectivity index (χ0v) is 16.6. The lowest BCUT2D eigenvalue weighted by Crippen LogP contribution is -2.28. The first-order valence-corrected chi connectivity index (χ1v) is 9.36. The van der Waals surface area contributed by atoms with Crippen LogP contribution in [0.4, 0.5) is 5.69 Å². The molecule has 5 heteroatoms. The van der Waals surface area contributed by atoms with E-state index in [-0.39, 0.29) is 12.5 Å². The third kappa shape index (κ3) is 6.21. The van der Waals surface area contributed by atoms with Crippen LogP contribution >= 0.6 is 0 Å². The maximum absolute atomic E-state index is 11.9. The smallest absolute Gasteiger partial charge is 0.258 e. The van der Waals surface area contributed by atoms with Crippen LogP contribution in [-0.2, 0) is 11.3 Å². The molecule has 0 radical (unpaired) electrons. The number of carbonyl (C=O) groups is 1. The average molecular weight is 388 g/mol. The summed E-state index contributed by atoms with van der Waals surface area (Å²) in [5.41, 5.74) is 3.87. The molecule has 0 saturated carbocycles. The quantitative estimate of drug-likeness (QED) is 0.580. The average Bonchev–Trinajstić information content (AvgIpc) is 2.76. The van der Waals surface area contributed by atoms with Gasteiger partial charge in [-0.1, -0.05) is 36.4 Å². The zero-order chi connectivity index (χ0) is 20.5. The monoisotopic (exact) mass is 388 g/mol. The van der Waals surface area contributed by atoms with Crippen molar-refractivity contribution in [1.29, 1.82) is 0 Å². The van der Waals surface area contributed by atoms with Crippen LogP contribution in [-0.4, -0.2) is 25.8 Å². The third-order valence-electron chi connectivity index (χ3n) is 4.27. The molecule has 1 amide bonds. The highest BCUT2D eigenvalue weighted by Crippen LogP contribution is 2.28. The van der Waals surface area contributed by atoms with Gasteiger partial charge in [0, 0.05) is 12.8 Å². The van der Waals surface area contributed by atoms with Gasteiger partial charge in [0.25, 0.3) is 5.91 Å². The second-order valence-corrected chi connectivity index (χ2v) is 6.55. The van der Waals surface area contributed by atoms with Gasteiger partial charge < -0.3 is 14.8 Å². The molecule has 0 aliphatic heterocycles. The molecule has 0 aliphatic carbocycles. The summed E-state index contributed by atoms with van der Waals surface area (Å²) >= 11 is 0. The third-order valence-corrected chi connectivity index (χ3v) is 4.27. The largest absolute Gasteiger partial charge is 0.494 e. The van der Waals surface area contributed by atoms with Crippen molar-refractivity contribution >= 4 is 17.8 Å². The Hall–Kier alpha value is -3.60. The lowest BCUT2D eigenvalue weighted by atomic mass is 10.2. The van der Waals surface area contributed by atoms with Crippen LogP contribution in [0.25, 0.3) is 0 Å². The second-order valence-electron chi connectivity index (χ2n) is 6.55. The lowest BCUT2D eigenvalue weighted by Gasteiger charge is -2.08. The van der Waals surface area contributed by atoms with Gasteiger partial charge in [0.15, 0.2) is 6.61 Å². The standard InChI is InChI=1S/C24H24N2O3/c1-18-8-13-23(28-2)22(14-18)25-15-20-9-11-21(12-10-20)29-17-24(27)26-16-19-6-4-3-5-7-19/h3-15H,16-17H2,1-2H3,(H,26,27). The number of carbonyl (C=O) groups excluding carboxylic acids is 1. The Bertz CT molecular complexity index is 967. The fourth-order valence-corrected chi connectivity index (χ4v) is 2.69. The van der Waals surface area contributed by atoms with E-state index in [1.54, 1.807) is 13.3 Å². The van der Waals surface area contributed by atoms with Crippen molar-refractivity contribution in [3.05, 3.63) is 89.5 Å². The van der Waals surface area contributed by atoms with Crippen molar-refractivity contribution in [3.8, 4) is 11.5 Å². The molecule has 0 aliphatic rings. The van der Waals surface area contributed by atoms with E-state index in [0.29, 0.717) is 12.3 Å². The van der Waals surface area contributed by atoms with Crippen molar-refractivity contribution < 1.29 is 14.3 Å². The molecule has 3 aromatic carbocycles. The molecule has 148 valence electrons. The Morgan fingerprint density at radius 2 is 1.79 bits per heavy atom. The van der Waals surface area contributed by atoms with Crippen LogP contribution in [0.2, 0.25) is 0 Å². The van der Waals surface area contributed by atoms with E-state index in [0.717, 1.165) is 28.1 Å². The predicted molar refractivity (Wildman–Crippen MR) is 115 cm³/mol. The van der Waals surface area contributed by atoms with Crippen molar-refractivity contribution in [3.63, 3.8) is 0 Å². The number of nitrogens with one attached hydrogen (secondary N) is 1. The van der Waals surface area contributed by atoms with Crippen molar-refractivity contribution in [2.45, 2.75) is 13.5 Å². The minimum Gasteiger partial charge on any atom is -0.494 e. The molecule has 0 bridgehead atoms. The molecule has 0 spiro atoms. The molecular formula is C24H24N2O3. The molecule has 0 aromatic heterocycles. The number of aliphatic imine (C=N–C) groups is 1. The van der Waals surface area contributed by atoms with Gasteiger partial charge >= 0.3 is 0 Å². The number of hydrogen-bond acceptors (Lipinski definition) is 4. The number of ether oxygens (including phenoxy) is 2. The fourth-order valence-electron chi connectivity index (χ4n) is 2.69. The molecule has 0 saturated heterocycles. The zero-order valence-electron chi connectivity index (χ0n) is 16.6. The molecule has 1 N–H and O–H groups in total. The Kier molecular flexibility index (Phi) is 7.00. The maximum Gasteiger partial charge on any atom is 0.258 e. The molecule has 29 heavy (non-hydrogen) atoms. The lowest BCUT2D eigenvalue weighted by molar-refractivity contribution is -0.123. The summed E-state index contributed by atoms with van der Waals surface area (Å²) in [6.07, 6.45) is 1.77. The van der Waals surface area contributed by atoms with Crippen LogP contribution < -0.4 is 14.8 Å². The first-order chi connectivity index (χ1) is 14.1. The number of hydrogen-bond donors (Lipinski definition) is 1. The highest BCUT2D eigenvalue weighted by molar-refractivity contribution is 5.83. The number of nitrogens with zero attached hydrogens (tertiary/aromatic N) is 1. The van der Waals surface area contributed by atoms with E-state index < -0.39 is 0 Å². The minimum absolute atomic E-state index is 0.0270. The molecule has 0 fully saturated rings. The molecule has 5 nitrogen and oxygen atoms in total. The predicted octanol–water partition coefficient (Wildman–Crippen LogP) is 4.45. The van der Waals surface area contributed by atoms with Gasteiger partial charge in [-0.3, -0.25) is 9.79 Å². The van der Waals surface area contributed by atoms with Gasteiger partial charge in [0.1, 0.15) is 17.2 Å². The van der Waals surface area contributed by atoms with Crippen molar-refractivity contribution in [2.75, 3.05) is 13.7 Å². The first-order valence-electron chi connectivity index (χ1n) is 9.36. The van der Waals surface area contributed by atoms with Gasteiger partial charge in [-0.15, -0.1) is 0 Å². The maximum atomic E-state index is 11.9. The van der Waals surface area contributed by atoms with Crippen LogP contribution in [0.15, 0.2) is 77.8 Å². The molecule has 0 atom stereocenters. The minimum atomic E-state index is -0.161. The summed E-state index contributed by atoms with van der Waals surface area (Å²) in [7, 11) is 1.63. The number of aryl methyl sites for hydroxylation is 1. The van der Waals surface area contributed by atoms with Gasteiger partial charge in [-0.05, 0) is 60.0 Å². The Labute approximate surface area is 171 Å². The van der Waals surface area contributed by atoms with Crippen LogP contribution in [0.1, 0.15) is 16.7 Å². The van der Waals surface area contributed by atoms with E-state index in [1.807, 2.05) is 79.7 Å². The van der Waals surface area contributed by atoms with E-state index >= 15 is 0 Å². The molecule has 3 rings (SSSR count). The van der Waals surface area contributed by atoms with E-state index in [4.69, 9.17) is 9.47 Å². The van der Waals surface area contributed by atoms with E-state index in [2.05, 4.69) is 10.3 Å². The summed E-state index contributed by atoms with van der Waals surface area (Å²) in [6, 6.07) is 23.0. The Balaban J connectivity index is 1.51. The van der Waals surface area contributed by atoms with Crippen LogP contribution in [0.5, 0.6) is 11.5 Å². The first kappa shape index (κ1) is 20.1. The second kappa shape index (κ2) is 10.1. The van der Waals surface area contributed by atoms with Gasteiger partial charge in [0.2, 0.25) is 0 Å². The number of amides is 1. The van der Waals surface area contributed by atoms with Crippen LogP contribution in [0.3, 0.4) is 0 Å². The highest BCUT2D eigenvalue weighted by Gasteiger charge is 2.04. The van der Waals surface area contributed by atoms with Crippen LogP contribution in [0, 0.1) is 6.92 Å². The fraction of sp³-hybridized carbons (Fsp3) is 0.167. The SMILES string of the molecule is COc1ccc(C)cc1N=Cc1ccc(OCC(=O)NCc2ccccc2)cc1. The Morgan fingerprint density at radius 1 is 1.03 bits per heavy atom. The van der Waals surface area contributed by atoms with E-state index in [9.17, 15) is 4.79 Å². The molecule has 0 heterocycles. The van der Waals surface area contributed by atoms with Gasteiger partial charge in [-0.2, -0.15) is 0 Å². The van der Waals surface area contributed by atoms with Gasteiger partial charge in [-0.25, -0.2) is 0 Å². The number of benzene rings is 3. The summed E-state index contributed by atoms with van der Waals surface area (Å²) < 4.78 is 10.9. The number of methoxy groups -OCH3 is 1. The molecule has 3 aromatic rings. The highest BCUT2D eigenvalue weighted by atomic mass is 16.5.